The first-order valence-corrected chi connectivity index (χ1v) is 32.1. The van der Waals surface area contributed by atoms with Crippen LogP contribution in [0.25, 0.3) is 75.4 Å². The van der Waals surface area contributed by atoms with Gasteiger partial charge in [-0.2, -0.15) is 0 Å². The molecule has 0 nitrogen and oxygen atoms in total. The molecule has 0 heterocycles. The fraction of sp³-hybridized carbons (Fsp3) is 0.343. The van der Waals surface area contributed by atoms with Crippen LogP contribution in [0.3, 0.4) is 0 Å². The monoisotopic (exact) mass is 969 g/mol. The van der Waals surface area contributed by atoms with Crippen LogP contribution in [0.4, 0.5) is 0 Å². The molecule has 10 aromatic rings. The van der Waals surface area contributed by atoms with Gasteiger partial charge in [0.1, 0.15) is 16.1 Å². The minimum Gasteiger partial charge on any atom is -0.125 e. The lowest BCUT2D eigenvalue weighted by atomic mass is 9.74. The lowest BCUT2D eigenvalue weighted by molar-refractivity contribution is 0.671. The van der Waals surface area contributed by atoms with Crippen LogP contribution in [0.5, 0.6) is 0 Å². The molecule has 0 bridgehead atoms. The molecule has 0 aromatic heterocycles. The van der Waals surface area contributed by atoms with E-state index in [0.717, 1.165) is 25.7 Å². The van der Waals surface area contributed by atoms with E-state index in [4.69, 9.17) is 0 Å². The van der Waals surface area contributed by atoms with Gasteiger partial charge in [-0.15, -0.1) is 11.1 Å². The third-order valence-corrected chi connectivity index (χ3v) is 31.7. The lowest BCUT2D eigenvalue weighted by Crippen LogP contribution is -2.43. The first-order valence-electron chi connectivity index (χ1n) is 27.7. The highest BCUT2D eigenvalue weighted by Crippen LogP contribution is 2.53. The zero-order valence-corrected chi connectivity index (χ0v) is 47.0. The molecule has 12 rings (SSSR count). The van der Waals surface area contributed by atoms with E-state index >= 15 is 0 Å². The van der Waals surface area contributed by atoms with Crippen LogP contribution in [-0.2, 0) is 25.7 Å². The fourth-order valence-corrected chi connectivity index (χ4v) is 26.4. The van der Waals surface area contributed by atoms with Gasteiger partial charge in [0.2, 0.25) is 0 Å². The first-order chi connectivity index (χ1) is 34.6. The highest BCUT2D eigenvalue weighted by molar-refractivity contribution is 6.91. The molecule has 10 aromatic carbocycles. The van der Waals surface area contributed by atoms with Crippen molar-refractivity contribution in [3.05, 3.63) is 166 Å². The van der Waals surface area contributed by atoms with Crippen LogP contribution < -0.4 is 0 Å². The van der Waals surface area contributed by atoms with Crippen molar-refractivity contribution in [3.8, 4) is 22.9 Å². The van der Waals surface area contributed by atoms with Gasteiger partial charge in [-0.25, -0.2) is 0 Å². The largest absolute Gasteiger partial charge is 0.146 e. The summed E-state index contributed by atoms with van der Waals surface area (Å²) in [6.07, 6.45) is 4.20. The van der Waals surface area contributed by atoms with Gasteiger partial charge >= 0.3 is 0 Å². The van der Waals surface area contributed by atoms with E-state index in [-0.39, 0.29) is 0 Å². The molecule has 0 fully saturated rings. The smallest absolute Gasteiger partial charge is 0.125 e. The number of fused-ring (bicyclic) bond motifs is 4. The van der Waals surface area contributed by atoms with E-state index in [9.17, 15) is 0 Å². The summed E-state index contributed by atoms with van der Waals surface area (Å²) in [5, 5.41) is 19.3. The molecule has 2 unspecified atom stereocenters. The first kappa shape index (κ1) is 47.1. The normalized spacial score (nSPS) is 16.4. The van der Waals surface area contributed by atoms with Crippen molar-refractivity contribution in [2.75, 3.05) is 0 Å². The van der Waals surface area contributed by atoms with E-state index in [1.54, 1.807) is 0 Å². The lowest BCUT2D eigenvalue weighted by Gasteiger charge is -2.38. The van der Waals surface area contributed by atoms with Gasteiger partial charge in [-0.1, -0.05) is 204 Å². The molecule has 0 amide bonds. The Morgan fingerprint density at radius 3 is 0.931 bits per heavy atom. The number of hydrogen-bond acceptors (Lipinski definition) is 0. The second-order valence-corrected chi connectivity index (χ2v) is 35.5. The van der Waals surface area contributed by atoms with Gasteiger partial charge < -0.3 is 0 Å². The maximum Gasteiger partial charge on any atom is 0.146 e. The predicted octanol–water partition coefficient (Wildman–Crippen LogP) is 19.5. The van der Waals surface area contributed by atoms with Gasteiger partial charge in [0.25, 0.3) is 0 Å². The molecule has 0 radical (unpaired) electrons. The Kier molecular flexibility index (Phi) is 11.4. The molecular weight excluding hydrogens is 897 g/mol. The van der Waals surface area contributed by atoms with Crippen LogP contribution in [0.2, 0.25) is 33.2 Å². The van der Waals surface area contributed by atoms with Crippen LogP contribution in [0, 0.1) is 22.9 Å². The molecule has 72 heavy (non-hydrogen) atoms. The van der Waals surface area contributed by atoms with E-state index in [1.807, 2.05) is 0 Å². The summed E-state index contributed by atoms with van der Waals surface area (Å²) in [5.41, 5.74) is 23.0. The van der Waals surface area contributed by atoms with Gasteiger partial charge in [-0.05, 0) is 181 Å². The number of hydrogen-bond donors (Lipinski definition) is 0. The maximum absolute atomic E-state index is 4.29. The van der Waals surface area contributed by atoms with Crippen molar-refractivity contribution in [3.63, 3.8) is 0 Å². The summed E-state index contributed by atoms with van der Waals surface area (Å²) >= 11 is 0. The quantitative estimate of drug-likeness (QED) is 0.0616. The number of benzene rings is 10. The van der Waals surface area contributed by atoms with Crippen molar-refractivity contribution in [2.45, 2.75) is 154 Å². The van der Waals surface area contributed by atoms with Crippen molar-refractivity contribution < 1.29 is 0 Å². The minimum absolute atomic E-state index is 0.463. The van der Waals surface area contributed by atoms with Crippen molar-refractivity contribution in [2.24, 2.45) is 0 Å². The highest BCUT2D eigenvalue weighted by Gasteiger charge is 2.43. The summed E-state index contributed by atoms with van der Waals surface area (Å²) in [6, 6.07) is 47.6. The maximum atomic E-state index is 4.29. The standard InChI is InChI=1S/C70H72Si2/c1-41(2)71(42(3)4,43(5)6)33-31-53-39-61-57-27-23-50-36-56(48-21-17-14-18-22-48)38-52-26-30-60(68(57)64(50)52)66-54(32-34-72(44(7)8,45(9)10)46(11)12)40-62-58-28-24-49-35-55(47-19-15-13-16-20-47)37-51-25-29-59(67(58)63(49)51)65(53)69(62)70(61)66/h13-30,39-46,55-56H,35-38H2,1-12H3. The SMILES string of the molecule is CC(C)[Si](C#Cc1cc2c3ccc4c5c(ccc(c6c(C#C[Si](C(C)C)(C(C)C)C(C)C)cc7c8ccc9c%10c(ccc(c1c7c26)c%108)CC(c1ccccc1)C9)c53)CC(c1ccccc1)C4)(C(C)C)C(C)C. The Bertz CT molecular complexity index is 3570. The van der Waals surface area contributed by atoms with Crippen LogP contribution >= 0.6 is 0 Å². The number of rotatable bonds is 8. The van der Waals surface area contributed by atoms with E-state index in [1.165, 1.54) is 120 Å². The highest BCUT2D eigenvalue weighted by atomic mass is 28.3. The summed E-state index contributed by atoms with van der Waals surface area (Å²) in [5.74, 6) is 9.31. The predicted molar refractivity (Wildman–Crippen MR) is 320 cm³/mol. The van der Waals surface area contributed by atoms with E-state index in [0.29, 0.717) is 45.1 Å². The van der Waals surface area contributed by atoms with Crippen LogP contribution in [-0.4, -0.2) is 16.1 Å². The Labute approximate surface area is 431 Å². The van der Waals surface area contributed by atoms with Gasteiger partial charge in [0.15, 0.2) is 0 Å². The second-order valence-electron chi connectivity index (χ2n) is 24.4. The van der Waals surface area contributed by atoms with Gasteiger partial charge in [0, 0.05) is 21.9 Å². The molecule has 2 aliphatic carbocycles. The zero-order valence-electron chi connectivity index (χ0n) is 45.0. The van der Waals surface area contributed by atoms with Gasteiger partial charge in [-0.3, -0.25) is 0 Å². The molecular formula is C70H72Si2. The Morgan fingerprint density at radius 2 is 0.625 bits per heavy atom. The van der Waals surface area contributed by atoms with Gasteiger partial charge in [0.05, 0.1) is 0 Å². The Hall–Kier alpha value is -5.91. The van der Waals surface area contributed by atoms with E-state index < -0.39 is 16.1 Å². The molecule has 2 atom stereocenters. The average molecular weight is 970 g/mol. The molecule has 0 spiro atoms. The molecule has 0 saturated heterocycles. The van der Waals surface area contributed by atoms with E-state index in [2.05, 4.69) is 227 Å². The summed E-state index contributed by atoms with van der Waals surface area (Å²) in [6.45, 7) is 29.5. The third-order valence-electron chi connectivity index (χ3n) is 19.2. The zero-order chi connectivity index (χ0) is 50.1. The van der Waals surface area contributed by atoms with Crippen molar-refractivity contribution >= 4 is 91.6 Å². The fourth-order valence-electron chi connectivity index (χ4n) is 16.0. The van der Waals surface area contributed by atoms with Crippen molar-refractivity contribution in [1.82, 2.24) is 0 Å². The van der Waals surface area contributed by atoms with Crippen molar-refractivity contribution in [1.29, 1.82) is 0 Å². The minimum atomic E-state index is -2.12. The Morgan fingerprint density at radius 1 is 0.319 bits per heavy atom. The average Bonchev–Trinajstić information content (AvgIpc) is 3.37. The molecule has 0 N–H and O–H groups in total. The third kappa shape index (κ3) is 6.77. The van der Waals surface area contributed by atoms with Crippen LogP contribution in [0.15, 0.2) is 121 Å². The molecule has 2 aliphatic rings. The summed E-state index contributed by atoms with van der Waals surface area (Å²) in [4.78, 5) is 0. The summed E-state index contributed by atoms with van der Waals surface area (Å²) < 4.78 is 0. The van der Waals surface area contributed by atoms with Crippen LogP contribution in [0.1, 0.15) is 139 Å². The molecule has 0 saturated carbocycles. The molecule has 360 valence electrons. The molecule has 2 heteroatoms. The molecule has 0 aliphatic heterocycles. The topological polar surface area (TPSA) is 0 Å². The Balaban J connectivity index is 1.26. The second kappa shape index (κ2) is 17.4. The summed E-state index contributed by atoms with van der Waals surface area (Å²) in [7, 11) is -4.23.